The van der Waals surface area contributed by atoms with Crippen molar-refractivity contribution >= 4 is 34.3 Å². The highest BCUT2D eigenvalue weighted by atomic mass is 32.1. The van der Waals surface area contributed by atoms with Crippen molar-refractivity contribution in [2.75, 3.05) is 5.32 Å². The molecule has 1 N–H and O–H groups in total. The number of anilines is 1. The van der Waals surface area contributed by atoms with Gasteiger partial charge in [-0.1, -0.05) is 35.1 Å². The van der Waals surface area contributed by atoms with E-state index in [9.17, 15) is 23.3 Å². The Labute approximate surface area is 224 Å². The first-order chi connectivity index (χ1) is 18.7. The Hall–Kier alpha value is -4.72. The molecule has 5 rings (SSSR count). The van der Waals surface area contributed by atoms with Crippen LogP contribution in [-0.4, -0.2) is 31.4 Å². The second-order valence-corrected chi connectivity index (χ2v) is 8.88. The van der Waals surface area contributed by atoms with Crippen LogP contribution in [0.1, 0.15) is 24.2 Å². The van der Waals surface area contributed by atoms with Crippen molar-refractivity contribution in [1.82, 2.24) is 15.0 Å². The molecule has 198 valence electrons. The van der Waals surface area contributed by atoms with Gasteiger partial charge < -0.3 is 10.1 Å². The Morgan fingerprint density at radius 3 is 2.67 bits per heavy atom. The highest BCUT2D eigenvalue weighted by Gasteiger charge is 2.31. The molecule has 1 heterocycles. The first kappa shape index (κ1) is 25.9. The molecule has 0 saturated carbocycles. The molecule has 0 bridgehead atoms. The van der Waals surface area contributed by atoms with Gasteiger partial charge in [0.2, 0.25) is 5.11 Å². The molecule has 39 heavy (non-hydrogen) atoms. The Bertz CT molecular complexity index is 1570. The van der Waals surface area contributed by atoms with Crippen LogP contribution in [0.15, 0.2) is 88.3 Å². The lowest BCUT2D eigenvalue weighted by Gasteiger charge is -2.22. The Morgan fingerprint density at radius 1 is 1.15 bits per heavy atom. The summed E-state index contributed by atoms with van der Waals surface area (Å²) in [5, 5.41) is 30.3. The third-order valence-corrected chi connectivity index (χ3v) is 6.16. The lowest BCUT2D eigenvalue weighted by Crippen LogP contribution is -2.17. The summed E-state index contributed by atoms with van der Waals surface area (Å²) in [6, 6.07) is 11.6. The van der Waals surface area contributed by atoms with E-state index < -0.39 is 11.3 Å². The normalized spacial score (nSPS) is 15.8. The first-order valence-corrected chi connectivity index (χ1v) is 11.9. The maximum absolute atomic E-state index is 12.4. The number of azo groups is 1. The zero-order chi connectivity index (χ0) is 27.6. The largest absolute Gasteiger partial charge is 0.573 e. The Kier molecular flexibility index (Phi) is 7.02. The number of alkyl halides is 3. The van der Waals surface area contributed by atoms with E-state index in [0.717, 1.165) is 34.5 Å². The van der Waals surface area contributed by atoms with E-state index in [1.165, 1.54) is 36.4 Å². The minimum atomic E-state index is -4.76. The summed E-state index contributed by atoms with van der Waals surface area (Å²) < 4.78 is 42.9. The van der Waals surface area contributed by atoms with Gasteiger partial charge in [0.05, 0.1) is 22.5 Å². The topological polar surface area (TPSA) is 120 Å². The van der Waals surface area contributed by atoms with Gasteiger partial charge in [-0.05, 0) is 67.4 Å². The van der Waals surface area contributed by atoms with Crippen molar-refractivity contribution in [2.24, 2.45) is 10.2 Å². The number of ether oxygens (including phenoxy) is 1. The number of aromatic nitrogens is 3. The highest BCUT2D eigenvalue weighted by Crippen LogP contribution is 2.38. The van der Waals surface area contributed by atoms with Crippen molar-refractivity contribution in [3.05, 3.63) is 99.5 Å². The molecule has 0 atom stereocenters. The van der Waals surface area contributed by atoms with Gasteiger partial charge in [-0.25, -0.2) is 4.68 Å². The molecule has 0 radical (unpaired) electrons. The van der Waals surface area contributed by atoms with E-state index in [-0.39, 0.29) is 22.2 Å². The molecule has 14 heteroatoms. The third kappa shape index (κ3) is 5.90. The molecular weight excluding hydrogens is 535 g/mol. The number of nitro benzene ring substituents is 1. The van der Waals surface area contributed by atoms with Crippen LogP contribution in [0.5, 0.6) is 5.75 Å². The van der Waals surface area contributed by atoms with Crippen molar-refractivity contribution < 1.29 is 22.8 Å². The number of para-hydroxylation sites is 2. The van der Waals surface area contributed by atoms with Gasteiger partial charge in [0, 0.05) is 11.6 Å². The predicted octanol–water partition coefficient (Wildman–Crippen LogP) is 6.47. The minimum absolute atomic E-state index is 0.0160. The number of hydrogen-bond acceptors (Lipinski definition) is 7. The van der Waals surface area contributed by atoms with E-state index in [4.69, 9.17) is 12.2 Å². The molecule has 1 aromatic heterocycles. The van der Waals surface area contributed by atoms with E-state index in [0.29, 0.717) is 18.5 Å². The second kappa shape index (κ2) is 10.6. The van der Waals surface area contributed by atoms with Crippen LogP contribution in [0.3, 0.4) is 0 Å². The maximum atomic E-state index is 12.4. The van der Waals surface area contributed by atoms with Crippen LogP contribution in [0, 0.1) is 10.1 Å². The van der Waals surface area contributed by atoms with Gasteiger partial charge in [0.25, 0.3) is 5.69 Å². The standard InChI is InChI=1S/C25H18F3N7O3S/c26-25(27,28)38-18-9-7-17(8-10-18)34-22-12-6-16-13-15(5-11-19(16)23(22)31-33-34)14-29-32-24(39)30-20-3-1-2-4-21(20)35(36)37/h1-5,7-11,14H,6,12-13H2,(H,30,39)/b15-14+,32-29+. The summed E-state index contributed by atoms with van der Waals surface area (Å²) in [5.41, 5.74) is 5.25. The number of allylic oxidation sites excluding steroid dienone is 5. The number of nitrogens with zero attached hydrogens (tertiary/aromatic N) is 6. The van der Waals surface area contributed by atoms with Gasteiger partial charge in [-0.15, -0.1) is 23.4 Å². The molecule has 0 amide bonds. The zero-order valence-electron chi connectivity index (χ0n) is 19.9. The molecule has 0 unspecified atom stereocenters. The first-order valence-electron chi connectivity index (χ1n) is 11.5. The SMILES string of the molecule is O=[N+]([O-])c1ccccc1NC(=S)/N=N/C=C1\C=CC2=C(CCc3c2nnn3-c2ccc(OC(F)(F)F)cc2)C1. The summed E-state index contributed by atoms with van der Waals surface area (Å²) in [4.78, 5) is 10.6. The number of fused-ring (bicyclic) bond motifs is 2. The molecule has 3 aromatic rings. The van der Waals surface area contributed by atoms with Crippen molar-refractivity contribution in [3.63, 3.8) is 0 Å². The van der Waals surface area contributed by atoms with E-state index >= 15 is 0 Å². The average Bonchev–Trinajstić information content (AvgIpc) is 3.33. The van der Waals surface area contributed by atoms with E-state index in [2.05, 4.69) is 30.6 Å². The van der Waals surface area contributed by atoms with Crippen molar-refractivity contribution in [3.8, 4) is 11.4 Å². The van der Waals surface area contributed by atoms with E-state index in [1.807, 2.05) is 12.2 Å². The van der Waals surface area contributed by atoms with Gasteiger partial charge in [-0.2, -0.15) is 5.11 Å². The molecule has 0 saturated heterocycles. The lowest BCUT2D eigenvalue weighted by molar-refractivity contribution is -0.383. The molecular formula is C25H18F3N7O3S. The van der Waals surface area contributed by atoms with Crippen molar-refractivity contribution in [1.29, 1.82) is 0 Å². The predicted molar refractivity (Wildman–Crippen MR) is 139 cm³/mol. The summed E-state index contributed by atoms with van der Waals surface area (Å²) in [7, 11) is 0. The van der Waals surface area contributed by atoms with Crippen LogP contribution >= 0.6 is 12.2 Å². The molecule has 0 aliphatic heterocycles. The Balaban J connectivity index is 1.26. The van der Waals surface area contributed by atoms with Crippen LogP contribution in [0.25, 0.3) is 11.3 Å². The highest BCUT2D eigenvalue weighted by molar-refractivity contribution is 7.80. The van der Waals surface area contributed by atoms with E-state index in [1.54, 1.807) is 23.0 Å². The number of halogens is 3. The number of hydrogen-bond donors (Lipinski definition) is 1. The van der Waals surface area contributed by atoms with Crippen LogP contribution in [-0.2, 0) is 6.42 Å². The lowest BCUT2D eigenvalue weighted by atomic mass is 9.84. The molecule has 2 aromatic carbocycles. The quantitative estimate of drug-likeness (QED) is 0.166. The number of rotatable bonds is 5. The summed E-state index contributed by atoms with van der Waals surface area (Å²) in [5.74, 6) is -0.310. The summed E-state index contributed by atoms with van der Waals surface area (Å²) in [6.45, 7) is 0. The Morgan fingerprint density at radius 2 is 1.92 bits per heavy atom. The summed E-state index contributed by atoms with van der Waals surface area (Å²) >= 11 is 5.13. The molecule has 2 aliphatic carbocycles. The minimum Gasteiger partial charge on any atom is -0.406 e. The van der Waals surface area contributed by atoms with Gasteiger partial charge >= 0.3 is 6.36 Å². The average molecular weight is 554 g/mol. The molecule has 2 aliphatic rings. The molecule has 0 spiro atoms. The summed E-state index contributed by atoms with van der Waals surface area (Å²) in [6.07, 6.45) is 2.62. The monoisotopic (exact) mass is 553 g/mol. The van der Waals surface area contributed by atoms with Crippen LogP contribution in [0.4, 0.5) is 24.5 Å². The fraction of sp³-hybridized carbons (Fsp3) is 0.160. The fourth-order valence-electron chi connectivity index (χ4n) is 4.30. The number of thiocarbonyl (C=S) groups is 1. The van der Waals surface area contributed by atoms with Crippen LogP contribution in [0.2, 0.25) is 0 Å². The fourth-order valence-corrected chi connectivity index (χ4v) is 4.46. The van der Waals surface area contributed by atoms with Crippen molar-refractivity contribution in [2.45, 2.75) is 25.6 Å². The third-order valence-electron chi connectivity index (χ3n) is 5.97. The zero-order valence-corrected chi connectivity index (χ0v) is 20.7. The molecule has 0 fully saturated rings. The number of nitrogens with one attached hydrogen (secondary N) is 1. The van der Waals surface area contributed by atoms with Crippen LogP contribution < -0.4 is 10.1 Å². The number of nitro groups is 1. The number of benzene rings is 2. The van der Waals surface area contributed by atoms with Gasteiger partial charge in [0.15, 0.2) is 0 Å². The second-order valence-electron chi connectivity index (χ2n) is 8.49. The smallest absolute Gasteiger partial charge is 0.406 e. The molecule has 10 nitrogen and oxygen atoms in total. The van der Waals surface area contributed by atoms with Gasteiger partial charge in [0.1, 0.15) is 17.1 Å². The maximum Gasteiger partial charge on any atom is 0.573 e. The van der Waals surface area contributed by atoms with Gasteiger partial charge in [-0.3, -0.25) is 10.1 Å².